The molecule has 94 valence electrons. The predicted molar refractivity (Wildman–Crippen MR) is 66.1 cm³/mol. The number of carboxylic acids is 1. The van der Waals surface area contributed by atoms with Crippen LogP contribution in [0.5, 0.6) is 0 Å². The third kappa shape index (κ3) is 3.45. The maximum absolute atomic E-state index is 11.8. The summed E-state index contributed by atoms with van der Waals surface area (Å²) in [7, 11) is 1.65. The van der Waals surface area contributed by atoms with Gasteiger partial charge in [-0.3, -0.25) is 4.79 Å². The lowest BCUT2D eigenvalue weighted by Crippen LogP contribution is -2.45. The van der Waals surface area contributed by atoms with E-state index >= 15 is 0 Å². The summed E-state index contributed by atoms with van der Waals surface area (Å²) >= 11 is 1.56. The Bertz CT molecular complexity index is 391. The van der Waals surface area contributed by atoms with E-state index in [1.54, 1.807) is 18.4 Å². The lowest BCUT2D eigenvalue weighted by Gasteiger charge is -2.25. The van der Waals surface area contributed by atoms with Crippen LogP contribution in [0.3, 0.4) is 0 Å². The van der Waals surface area contributed by atoms with Gasteiger partial charge in [0.25, 0.3) is 0 Å². The molecular weight excluding hydrogens is 240 g/mol. The molecule has 1 unspecified atom stereocenters. The molecule has 0 radical (unpaired) electrons. The molecule has 0 fully saturated rings. The molecule has 0 bridgehead atoms. The minimum Gasteiger partial charge on any atom is -0.480 e. The second kappa shape index (κ2) is 5.67. The highest BCUT2D eigenvalue weighted by Crippen LogP contribution is 2.23. The quantitative estimate of drug-likeness (QED) is 0.864. The maximum atomic E-state index is 11.8. The Hall–Kier alpha value is -1.56. The van der Waals surface area contributed by atoms with Gasteiger partial charge < -0.3 is 15.3 Å². The molecule has 0 aromatic carbocycles. The third-order valence-corrected chi connectivity index (χ3v) is 3.61. The van der Waals surface area contributed by atoms with Gasteiger partial charge in [-0.15, -0.1) is 11.3 Å². The number of amides is 2. The summed E-state index contributed by atoms with van der Waals surface area (Å²) in [5, 5.41) is 13.1. The highest BCUT2D eigenvalue weighted by atomic mass is 32.1. The van der Waals surface area contributed by atoms with Crippen molar-refractivity contribution in [3.8, 4) is 0 Å². The molecule has 0 aliphatic heterocycles. The summed E-state index contributed by atoms with van der Waals surface area (Å²) in [6, 6.07) is 2.51. The van der Waals surface area contributed by atoms with Gasteiger partial charge in [0.2, 0.25) is 0 Å². The highest BCUT2D eigenvalue weighted by Gasteiger charge is 2.21. The Labute approximate surface area is 104 Å². The van der Waals surface area contributed by atoms with Crippen LogP contribution in [0.2, 0.25) is 0 Å². The number of hydrogen-bond donors (Lipinski definition) is 2. The Morgan fingerprint density at radius 3 is 2.59 bits per heavy atom. The average molecular weight is 256 g/mol. The molecule has 2 amide bonds. The number of thiophene rings is 1. The van der Waals surface area contributed by atoms with Gasteiger partial charge >= 0.3 is 12.0 Å². The Morgan fingerprint density at radius 2 is 2.12 bits per heavy atom. The molecule has 0 aliphatic carbocycles. The molecule has 0 saturated heterocycles. The normalized spacial score (nSPS) is 13.8. The molecule has 5 nitrogen and oxygen atoms in total. The molecule has 2 atom stereocenters. The molecule has 2 N–H and O–H groups in total. The molecule has 0 saturated carbocycles. The zero-order valence-corrected chi connectivity index (χ0v) is 10.8. The van der Waals surface area contributed by atoms with Crippen molar-refractivity contribution in [1.82, 2.24) is 10.2 Å². The van der Waals surface area contributed by atoms with Gasteiger partial charge in [-0.2, -0.15) is 0 Å². The summed E-state index contributed by atoms with van der Waals surface area (Å²) < 4.78 is 0. The SMILES string of the molecule is CC(c1cccs1)N(C)C(=O)N[C@H](C)C(=O)O. The zero-order chi connectivity index (χ0) is 13.0. The Morgan fingerprint density at radius 1 is 1.47 bits per heavy atom. The van der Waals surface area contributed by atoms with E-state index in [1.807, 2.05) is 24.4 Å². The van der Waals surface area contributed by atoms with Crippen molar-refractivity contribution in [2.24, 2.45) is 0 Å². The standard InChI is InChI=1S/C11H16N2O3S/c1-7(10(14)15)12-11(16)13(3)8(2)9-5-4-6-17-9/h4-8H,1-3H3,(H,12,16)(H,14,15)/t7-,8?/m1/s1. The predicted octanol–water partition coefficient (Wildman–Crippen LogP) is 1.92. The van der Waals surface area contributed by atoms with Crippen LogP contribution in [0.25, 0.3) is 0 Å². The highest BCUT2D eigenvalue weighted by molar-refractivity contribution is 7.10. The molecule has 0 spiro atoms. The van der Waals surface area contributed by atoms with Gasteiger partial charge in [-0.1, -0.05) is 6.07 Å². The molecule has 0 aliphatic rings. The number of urea groups is 1. The first-order chi connectivity index (χ1) is 7.93. The van der Waals surface area contributed by atoms with Crippen molar-refractivity contribution in [2.45, 2.75) is 25.9 Å². The van der Waals surface area contributed by atoms with Crippen LogP contribution in [-0.4, -0.2) is 35.1 Å². The van der Waals surface area contributed by atoms with Crippen molar-refractivity contribution < 1.29 is 14.7 Å². The summed E-state index contributed by atoms with van der Waals surface area (Å²) in [5.41, 5.74) is 0. The zero-order valence-electron chi connectivity index (χ0n) is 10.0. The van der Waals surface area contributed by atoms with Crippen molar-refractivity contribution in [1.29, 1.82) is 0 Å². The average Bonchev–Trinajstić information content (AvgIpc) is 2.80. The number of rotatable bonds is 4. The second-order valence-electron chi connectivity index (χ2n) is 3.81. The number of nitrogens with zero attached hydrogens (tertiary/aromatic N) is 1. The number of aliphatic carboxylic acids is 1. The van der Waals surface area contributed by atoms with Crippen LogP contribution in [0.15, 0.2) is 17.5 Å². The smallest absolute Gasteiger partial charge is 0.325 e. The summed E-state index contributed by atoms with van der Waals surface area (Å²) in [6.07, 6.45) is 0. The Kier molecular flexibility index (Phi) is 4.51. The molecule has 1 rings (SSSR count). The minimum absolute atomic E-state index is 0.0732. The van der Waals surface area contributed by atoms with Gasteiger partial charge in [0.1, 0.15) is 6.04 Å². The van der Waals surface area contributed by atoms with E-state index < -0.39 is 12.0 Å². The van der Waals surface area contributed by atoms with Crippen molar-refractivity contribution >= 4 is 23.3 Å². The number of nitrogens with one attached hydrogen (secondary N) is 1. The topological polar surface area (TPSA) is 69.6 Å². The largest absolute Gasteiger partial charge is 0.480 e. The van der Waals surface area contributed by atoms with Gasteiger partial charge in [-0.05, 0) is 25.3 Å². The third-order valence-electron chi connectivity index (χ3n) is 2.57. The molecule has 1 aromatic rings. The fourth-order valence-corrected chi connectivity index (χ4v) is 2.07. The van der Waals surface area contributed by atoms with Gasteiger partial charge in [-0.25, -0.2) is 4.79 Å². The number of carbonyl (C=O) groups is 2. The van der Waals surface area contributed by atoms with E-state index in [0.29, 0.717) is 0 Å². The van der Waals surface area contributed by atoms with Crippen molar-refractivity contribution in [3.05, 3.63) is 22.4 Å². The van der Waals surface area contributed by atoms with Crippen LogP contribution in [0.1, 0.15) is 24.8 Å². The monoisotopic (exact) mass is 256 g/mol. The molecule has 1 aromatic heterocycles. The molecule has 17 heavy (non-hydrogen) atoms. The second-order valence-corrected chi connectivity index (χ2v) is 4.79. The van der Waals surface area contributed by atoms with Crippen LogP contribution in [0, 0.1) is 0 Å². The van der Waals surface area contributed by atoms with Gasteiger partial charge in [0.05, 0.1) is 6.04 Å². The number of hydrogen-bond acceptors (Lipinski definition) is 3. The molecule has 1 heterocycles. The first kappa shape index (κ1) is 13.5. The summed E-state index contributed by atoms with van der Waals surface area (Å²) in [5.74, 6) is -1.05. The lowest BCUT2D eigenvalue weighted by atomic mass is 10.2. The number of carboxylic acid groups (broad SMARTS) is 1. The molecule has 6 heteroatoms. The van der Waals surface area contributed by atoms with E-state index in [9.17, 15) is 9.59 Å². The van der Waals surface area contributed by atoms with Crippen LogP contribution in [-0.2, 0) is 4.79 Å². The van der Waals surface area contributed by atoms with Crippen LogP contribution >= 0.6 is 11.3 Å². The Balaban J connectivity index is 2.61. The van der Waals surface area contributed by atoms with Crippen molar-refractivity contribution in [3.63, 3.8) is 0 Å². The van der Waals surface area contributed by atoms with E-state index in [0.717, 1.165) is 4.88 Å². The first-order valence-corrected chi connectivity index (χ1v) is 6.11. The van der Waals surface area contributed by atoms with Crippen LogP contribution in [0.4, 0.5) is 4.79 Å². The summed E-state index contributed by atoms with van der Waals surface area (Å²) in [4.78, 5) is 24.9. The molecular formula is C11H16N2O3S. The van der Waals surface area contributed by atoms with E-state index in [-0.39, 0.29) is 12.1 Å². The maximum Gasteiger partial charge on any atom is 0.325 e. The van der Waals surface area contributed by atoms with Gasteiger partial charge in [0.15, 0.2) is 0 Å². The minimum atomic E-state index is -1.05. The fraction of sp³-hybridized carbons (Fsp3) is 0.455. The first-order valence-electron chi connectivity index (χ1n) is 5.23. The van der Waals surface area contributed by atoms with Gasteiger partial charge in [0, 0.05) is 11.9 Å². The van der Waals surface area contributed by atoms with E-state index in [4.69, 9.17) is 5.11 Å². The van der Waals surface area contributed by atoms with Crippen LogP contribution < -0.4 is 5.32 Å². The fourth-order valence-electron chi connectivity index (χ4n) is 1.24. The summed E-state index contributed by atoms with van der Waals surface area (Å²) in [6.45, 7) is 3.33. The van der Waals surface area contributed by atoms with E-state index in [2.05, 4.69) is 5.32 Å². The van der Waals surface area contributed by atoms with Crippen molar-refractivity contribution in [2.75, 3.05) is 7.05 Å². The number of carbonyl (C=O) groups excluding carboxylic acids is 1. The lowest BCUT2D eigenvalue weighted by molar-refractivity contribution is -0.138. The van der Waals surface area contributed by atoms with E-state index in [1.165, 1.54) is 11.8 Å².